The summed E-state index contributed by atoms with van der Waals surface area (Å²) in [5.74, 6) is -0.465. The minimum atomic E-state index is -0.782. The van der Waals surface area contributed by atoms with Crippen molar-refractivity contribution in [2.45, 2.75) is 315 Å². The molecule has 0 rings (SSSR count). The van der Waals surface area contributed by atoms with Crippen LogP contribution in [0.4, 0.5) is 0 Å². The zero-order valence-corrected chi connectivity index (χ0v) is 40.6. The van der Waals surface area contributed by atoms with Crippen molar-refractivity contribution in [2.75, 3.05) is 6.61 Å². The van der Waals surface area contributed by atoms with Crippen LogP contribution in [0, 0.1) is 0 Å². The number of aliphatic hydroxyl groups excluding tert-OH is 2. The Labute approximate surface area is 374 Å². The lowest BCUT2D eigenvalue weighted by molar-refractivity contribution is -0.151. The van der Waals surface area contributed by atoms with E-state index in [4.69, 9.17) is 4.74 Å². The molecule has 60 heavy (non-hydrogen) atoms. The van der Waals surface area contributed by atoms with Crippen LogP contribution in [0.3, 0.4) is 0 Å². The highest BCUT2D eigenvalue weighted by Crippen LogP contribution is 2.19. The summed E-state index contributed by atoms with van der Waals surface area (Å²) in [6.45, 7) is 6.49. The lowest BCUT2D eigenvalue weighted by atomic mass is 10.0. The lowest BCUT2D eigenvalue weighted by Gasteiger charge is -2.24. The van der Waals surface area contributed by atoms with E-state index >= 15 is 0 Å². The Bertz CT molecular complexity index is 909. The molecule has 0 spiro atoms. The van der Waals surface area contributed by atoms with Gasteiger partial charge in [0.15, 0.2) is 0 Å². The van der Waals surface area contributed by atoms with E-state index in [-0.39, 0.29) is 24.9 Å². The molecule has 6 heteroatoms. The molecule has 0 aromatic rings. The van der Waals surface area contributed by atoms with Crippen LogP contribution in [0.2, 0.25) is 0 Å². The summed E-state index contributed by atoms with van der Waals surface area (Å²) in [5.41, 5.74) is 0. The zero-order valence-electron chi connectivity index (χ0n) is 40.6. The van der Waals surface area contributed by atoms with Gasteiger partial charge in [-0.3, -0.25) is 9.59 Å². The van der Waals surface area contributed by atoms with Gasteiger partial charge in [-0.2, -0.15) is 0 Å². The summed E-state index contributed by atoms with van der Waals surface area (Å²) >= 11 is 0. The third-order valence-electron chi connectivity index (χ3n) is 12.6. The summed E-state index contributed by atoms with van der Waals surface area (Å²) in [6, 6.07) is -0.696. The van der Waals surface area contributed by atoms with E-state index in [2.05, 4.69) is 38.2 Å². The Morgan fingerprint density at radius 2 is 0.800 bits per heavy atom. The molecule has 0 aromatic carbocycles. The monoisotopic (exact) mass is 848 g/mol. The number of carbonyl (C=O) groups is 2. The normalized spacial score (nSPS) is 13.2. The first kappa shape index (κ1) is 58.6. The summed E-state index contributed by atoms with van der Waals surface area (Å²) in [5, 5.41) is 23.8. The smallest absolute Gasteiger partial charge is 0.306 e. The molecule has 6 nitrogen and oxygen atoms in total. The van der Waals surface area contributed by atoms with Gasteiger partial charge in [0.05, 0.1) is 25.2 Å². The molecule has 3 unspecified atom stereocenters. The number of hydrogen-bond donors (Lipinski definition) is 3. The highest BCUT2D eigenvalue weighted by molar-refractivity contribution is 5.77. The van der Waals surface area contributed by atoms with Crippen LogP contribution < -0.4 is 5.32 Å². The van der Waals surface area contributed by atoms with Gasteiger partial charge in [-0.1, -0.05) is 245 Å². The molecule has 1 amide bonds. The van der Waals surface area contributed by atoms with Gasteiger partial charge in [0.25, 0.3) is 0 Å². The second-order valence-corrected chi connectivity index (χ2v) is 18.6. The van der Waals surface area contributed by atoms with Gasteiger partial charge < -0.3 is 20.3 Å². The standard InChI is InChI=1S/C54H105NO5/c1-4-7-10-13-16-19-22-25-26-27-28-29-30-33-36-39-42-45-50(60-54(59)47-44-41-38-35-32-24-21-18-15-12-9-6-3)48-53(58)55-51(49-56)52(57)46-43-40-37-34-31-23-20-17-14-11-8-5-2/h18,21,50-52,56-57H,4-17,19-20,22-49H2,1-3H3,(H,55,58)/b21-18-. The average molecular weight is 848 g/mol. The number of aliphatic hydroxyl groups is 2. The van der Waals surface area contributed by atoms with Crippen LogP contribution in [0.25, 0.3) is 0 Å². The molecule has 3 atom stereocenters. The van der Waals surface area contributed by atoms with Gasteiger partial charge in [-0.15, -0.1) is 0 Å². The number of allylic oxidation sites excluding steroid dienone is 2. The first-order chi connectivity index (χ1) is 29.5. The fourth-order valence-corrected chi connectivity index (χ4v) is 8.49. The number of rotatable bonds is 49. The Morgan fingerprint density at radius 1 is 0.467 bits per heavy atom. The third-order valence-corrected chi connectivity index (χ3v) is 12.6. The molecule has 0 radical (unpaired) electrons. The van der Waals surface area contributed by atoms with E-state index in [1.807, 2.05) is 0 Å². The van der Waals surface area contributed by atoms with E-state index < -0.39 is 18.2 Å². The van der Waals surface area contributed by atoms with Crippen LogP contribution >= 0.6 is 0 Å². The second kappa shape index (κ2) is 48.6. The third kappa shape index (κ3) is 43.3. The Hall–Kier alpha value is -1.40. The summed E-state index contributed by atoms with van der Waals surface area (Å²) < 4.78 is 5.94. The molecule has 0 aliphatic rings. The van der Waals surface area contributed by atoms with Crippen molar-refractivity contribution in [2.24, 2.45) is 0 Å². The Morgan fingerprint density at radius 3 is 1.22 bits per heavy atom. The predicted molar refractivity (Wildman–Crippen MR) is 260 cm³/mol. The highest BCUT2D eigenvalue weighted by Gasteiger charge is 2.24. The molecule has 0 heterocycles. The molecule has 0 aliphatic heterocycles. The maximum atomic E-state index is 13.2. The SMILES string of the molecule is CCCCC/C=C\CCCCCCCC(=O)OC(CCCCCCCCCCCCCCCCCCC)CC(=O)NC(CO)C(O)CCCCCCCCCCCCCC. The number of ether oxygens (including phenoxy) is 1. The number of esters is 1. The van der Waals surface area contributed by atoms with Crippen molar-refractivity contribution in [3.8, 4) is 0 Å². The van der Waals surface area contributed by atoms with Crippen molar-refractivity contribution in [3.63, 3.8) is 0 Å². The molecular weight excluding hydrogens is 743 g/mol. The zero-order chi connectivity index (χ0) is 43.8. The Balaban J connectivity index is 4.53. The largest absolute Gasteiger partial charge is 0.462 e. The van der Waals surface area contributed by atoms with E-state index in [1.165, 1.54) is 199 Å². The average Bonchev–Trinajstić information content (AvgIpc) is 3.24. The quantitative estimate of drug-likeness (QED) is 0.0322. The van der Waals surface area contributed by atoms with Crippen LogP contribution in [-0.2, 0) is 14.3 Å². The molecule has 356 valence electrons. The number of nitrogens with one attached hydrogen (secondary N) is 1. The number of unbranched alkanes of at least 4 members (excludes halogenated alkanes) is 35. The van der Waals surface area contributed by atoms with Crippen molar-refractivity contribution < 1.29 is 24.5 Å². The fourth-order valence-electron chi connectivity index (χ4n) is 8.49. The molecule has 0 saturated heterocycles. The lowest BCUT2D eigenvalue weighted by Crippen LogP contribution is -2.46. The van der Waals surface area contributed by atoms with E-state index in [9.17, 15) is 19.8 Å². The first-order valence-corrected chi connectivity index (χ1v) is 26.9. The van der Waals surface area contributed by atoms with Gasteiger partial charge in [-0.05, 0) is 51.4 Å². The minimum Gasteiger partial charge on any atom is -0.462 e. The fraction of sp³-hybridized carbons (Fsp3) is 0.926. The summed E-state index contributed by atoms with van der Waals surface area (Å²) in [7, 11) is 0. The van der Waals surface area contributed by atoms with Gasteiger partial charge in [0.1, 0.15) is 6.10 Å². The molecule has 0 aromatic heterocycles. The Kier molecular flexibility index (Phi) is 47.5. The van der Waals surface area contributed by atoms with Crippen molar-refractivity contribution in [1.29, 1.82) is 0 Å². The molecule has 0 fully saturated rings. The van der Waals surface area contributed by atoms with E-state index in [0.29, 0.717) is 19.3 Å². The van der Waals surface area contributed by atoms with E-state index in [1.54, 1.807) is 0 Å². The molecule has 3 N–H and O–H groups in total. The van der Waals surface area contributed by atoms with Crippen LogP contribution in [0.1, 0.15) is 297 Å². The van der Waals surface area contributed by atoms with Crippen LogP contribution in [-0.4, -0.2) is 46.9 Å². The first-order valence-electron chi connectivity index (χ1n) is 26.9. The summed E-state index contributed by atoms with van der Waals surface area (Å²) in [4.78, 5) is 26.1. The number of carbonyl (C=O) groups excluding carboxylic acids is 2. The molecular formula is C54H105NO5. The highest BCUT2D eigenvalue weighted by atomic mass is 16.5. The maximum Gasteiger partial charge on any atom is 0.306 e. The van der Waals surface area contributed by atoms with Crippen molar-refractivity contribution in [3.05, 3.63) is 12.2 Å². The van der Waals surface area contributed by atoms with Crippen LogP contribution in [0.5, 0.6) is 0 Å². The molecule has 0 bridgehead atoms. The second-order valence-electron chi connectivity index (χ2n) is 18.6. The maximum absolute atomic E-state index is 13.2. The van der Waals surface area contributed by atoms with E-state index in [0.717, 1.165) is 51.4 Å². The topological polar surface area (TPSA) is 95.9 Å². The van der Waals surface area contributed by atoms with Gasteiger partial charge in [-0.25, -0.2) is 0 Å². The number of hydrogen-bond acceptors (Lipinski definition) is 5. The van der Waals surface area contributed by atoms with Gasteiger partial charge in [0, 0.05) is 6.42 Å². The van der Waals surface area contributed by atoms with Gasteiger partial charge in [0.2, 0.25) is 5.91 Å². The van der Waals surface area contributed by atoms with Crippen molar-refractivity contribution in [1.82, 2.24) is 5.32 Å². The predicted octanol–water partition coefficient (Wildman–Crippen LogP) is 16.1. The van der Waals surface area contributed by atoms with Crippen molar-refractivity contribution >= 4 is 11.9 Å². The summed E-state index contributed by atoms with van der Waals surface area (Å²) in [6.07, 6.45) is 54.1. The minimum absolute atomic E-state index is 0.0817. The van der Waals surface area contributed by atoms with Gasteiger partial charge >= 0.3 is 5.97 Å². The molecule has 0 saturated carbocycles. The van der Waals surface area contributed by atoms with Crippen LogP contribution in [0.15, 0.2) is 12.2 Å². The number of amides is 1. The molecule has 0 aliphatic carbocycles.